The highest BCUT2D eigenvalue weighted by atomic mass is 35.5. The number of carbonyl (C=O) groups excluding carboxylic acids is 1. The predicted molar refractivity (Wildman–Crippen MR) is 104 cm³/mol. The van der Waals surface area contributed by atoms with Crippen LogP contribution in [0.3, 0.4) is 0 Å². The molecule has 0 aliphatic carbocycles. The zero-order valence-electron chi connectivity index (χ0n) is 14.9. The van der Waals surface area contributed by atoms with Gasteiger partial charge in [-0.2, -0.15) is 4.31 Å². The molecule has 150 valence electrons. The van der Waals surface area contributed by atoms with Gasteiger partial charge in [-0.15, -0.1) is 0 Å². The number of hydrogen-bond donors (Lipinski definition) is 2. The Labute approximate surface area is 168 Å². The summed E-state index contributed by atoms with van der Waals surface area (Å²) in [6, 6.07) is 8.98. The Balaban J connectivity index is 1.84. The van der Waals surface area contributed by atoms with Crippen molar-refractivity contribution in [2.24, 2.45) is 0 Å². The van der Waals surface area contributed by atoms with Gasteiger partial charge in [0.05, 0.1) is 16.5 Å². The topological polar surface area (TPSA) is 86.7 Å². The molecule has 0 spiro atoms. The minimum absolute atomic E-state index is 0.0161. The monoisotopic (exact) mass is 426 g/mol. The quantitative estimate of drug-likeness (QED) is 0.768. The molecule has 2 aromatic rings. The molecule has 2 N–H and O–H groups in total. The van der Waals surface area contributed by atoms with Crippen molar-refractivity contribution in [2.45, 2.75) is 30.2 Å². The summed E-state index contributed by atoms with van der Waals surface area (Å²) in [4.78, 5) is 12.5. The van der Waals surface area contributed by atoms with Crippen molar-refractivity contribution in [1.29, 1.82) is 0 Å². The molecule has 6 nitrogen and oxygen atoms in total. The Hall–Kier alpha value is -2.00. The highest BCUT2D eigenvalue weighted by molar-refractivity contribution is 7.89. The fourth-order valence-corrected chi connectivity index (χ4v) is 5.10. The van der Waals surface area contributed by atoms with E-state index in [1.807, 2.05) is 0 Å². The first-order valence-corrected chi connectivity index (χ1v) is 10.6. The van der Waals surface area contributed by atoms with Crippen LogP contribution in [0, 0.1) is 5.82 Å². The highest BCUT2D eigenvalue weighted by Crippen LogP contribution is 2.26. The number of aliphatic hydroxyl groups excluding tert-OH is 1. The third kappa shape index (κ3) is 4.35. The Morgan fingerprint density at radius 3 is 2.75 bits per heavy atom. The van der Waals surface area contributed by atoms with E-state index in [1.165, 1.54) is 40.7 Å². The van der Waals surface area contributed by atoms with Crippen molar-refractivity contribution < 1.29 is 22.7 Å². The number of nitrogens with one attached hydrogen (secondary N) is 1. The number of aliphatic hydroxyl groups is 1. The minimum atomic E-state index is -3.84. The van der Waals surface area contributed by atoms with E-state index in [9.17, 15) is 22.7 Å². The SMILES string of the molecule is O=C(Nc1ccc(F)c(Cl)c1)c1cccc(S(=O)(=O)N2CCCCC2CO)c1. The van der Waals surface area contributed by atoms with Gasteiger partial charge in [0.1, 0.15) is 5.82 Å². The standard InChI is InChI=1S/C19H20ClFN2O4S/c20-17-11-14(7-8-18(17)21)22-19(25)13-4-3-6-16(10-13)28(26,27)23-9-2-1-5-15(23)12-24/h3-4,6-8,10-11,15,24H,1-2,5,9,12H2,(H,22,25). The zero-order valence-corrected chi connectivity index (χ0v) is 16.5. The number of halogens is 2. The van der Waals surface area contributed by atoms with Gasteiger partial charge in [-0.25, -0.2) is 12.8 Å². The maximum atomic E-state index is 13.2. The smallest absolute Gasteiger partial charge is 0.255 e. The number of benzene rings is 2. The summed E-state index contributed by atoms with van der Waals surface area (Å²) in [6.07, 6.45) is 2.18. The van der Waals surface area contributed by atoms with E-state index in [-0.39, 0.29) is 22.1 Å². The lowest BCUT2D eigenvalue weighted by molar-refractivity contribution is 0.102. The van der Waals surface area contributed by atoms with E-state index < -0.39 is 27.8 Å². The average molecular weight is 427 g/mol. The fraction of sp³-hybridized carbons (Fsp3) is 0.316. The Morgan fingerprint density at radius 1 is 1.25 bits per heavy atom. The molecule has 1 aliphatic rings. The summed E-state index contributed by atoms with van der Waals surface area (Å²) < 4.78 is 40.5. The molecular formula is C19H20ClFN2O4S. The van der Waals surface area contributed by atoms with Gasteiger partial charge in [0, 0.05) is 23.8 Å². The van der Waals surface area contributed by atoms with Gasteiger partial charge in [-0.1, -0.05) is 24.1 Å². The minimum Gasteiger partial charge on any atom is -0.395 e. The molecule has 1 heterocycles. The van der Waals surface area contributed by atoms with Gasteiger partial charge in [0.25, 0.3) is 5.91 Å². The van der Waals surface area contributed by atoms with Crippen LogP contribution in [0.2, 0.25) is 5.02 Å². The first-order chi connectivity index (χ1) is 13.3. The summed E-state index contributed by atoms with van der Waals surface area (Å²) in [5, 5.41) is 11.9. The van der Waals surface area contributed by atoms with E-state index in [0.29, 0.717) is 18.7 Å². The number of rotatable bonds is 5. The lowest BCUT2D eigenvalue weighted by Gasteiger charge is -2.33. The van der Waals surface area contributed by atoms with E-state index in [0.717, 1.165) is 18.9 Å². The van der Waals surface area contributed by atoms with E-state index in [4.69, 9.17) is 11.6 Å². The molecule has 1 unspecified atom stereocenters. The second-order valence-electron chi connectivity index (χ2n) is 6.56. The average Bonchev–Trinajstić information content (AvgIpc) is 2.70. The molecule has 3 rings (SSSR count). The largest absolute Gasteiger partial charge is 0.395 e. The van der Waals surface area contributed by atoms with Crippen molar-refractivity contribution in [3.05, 3.63) is 58.9 Å². The maximum absolute atomic E-state index is 13.2. The van der Waals surface area contributed by atoms with Gasteiger partial charge in [0.15, 0.2) is 0 Å². The number of hydrogen-bond acceptors (Lipinski definition) is 4. The number of carbonyl (C=O) groups is 1. The van der Waals surface area contributed by atoms with Gasteiger partial charge in [-0.05, 0) is 49.2 Å². The lowest BCUT2D eigenvalue weighted by atomic mass is 10.1. The third-order valence-electron chi connectivity index (χ3n) is 4.66. The van der Waals surface area contributed by atoms with Gasteiger partial charge >= 0.3 is 0 Å². The Bertz CT molecular complexity index is 984. The summed E-state index contributed by atoms with van der Waals surface area (Å²) >= 11 is 5.71. The molecule has 1 fully saturated rings. The molecular weight excluding hydrogens is 407 g/mol. The van der Waals surface area contributed by atoms with Crippen molar-refractivity contribution in [1.82, 2.24) is 4.31 Å². The maximum Gasteiger partial charge on any atom is 0.255 e. The first-order valence-electron chi connectivity index (χ1n) is 8.82. The van der Waals surface area contributed by atoms with E-state index in [1.54, 1.807) is 0 Å². The summed E-state index contributed by atoms with van der Waals surface area (Å²) in [5.41, 5.74) is 0.431. The second kappa shape index (κ2) is 8.57. The van der Waals surface area contributed by atoms with Crippen molar-refractivity contribution in [3.8, 4) is 0 Å². The van der Waals surface area contributed by atoms with Crippen molar-refractivity contribution in [3.63, 3.8) is 0 Å². The molecule has 1 saturated heterocycles. The number of anilines is 1. The van der Waals surface area contributed by atoms with Gasteiger partial charge in [0.2, 0.25) is 10.0 Å². The molecule has 2 aromatic carbocycles. The lowest BCUT2D eigenvalue weighted by Crippen LogP contribution is -2.45. The van der Waals surface area contributed by atoms with Crippen LogP contribution in [0.4, 0.5) is 10.1 Å². The summed E-state index contributed by atoms with van der Waals surface area (Å²) in [6.45, 7) is 0.0861. The summed E-state index contributed by atoms with van der Waals surface area (Å²) in [5.74, 6) is -1.15. The normalized spacial score (nSPS) is 18.0. The second-order valence-corrected chi connectivity index (χ2v) is 8.86. The van der Waals surface area contributed by atoms with Crippen LogP contribution in [0.1, 0.15) is 29.6 Å². The predicted octanol–water partition coefficient (Wildman–Crippen LogP) is 3.27. The number of sulfonamides is 1. The third-order valence-corrected chi connectivity index (χ3v) is 6.90. The Kier molecular flexibility index (Phi) is 6.34. The van der Waals surface area contributed by atoms with E-state index >= 15 is 0 Å². The van der Waals surface area contributed by atoms with Crippen LogP contribution in [-0.4, -0.2) is 42.9 Å². The van der Waals surface area contributed by atoms with Gasteiger partial charge in [-0.3, -0.25) is 4.79 Å². The molecule has 0 aromatic heterocycles. The highest BCUT2D eigenvalue weighted by Gasteiger charge is 2.33. The molecule has 1 aliphatic heterocycles. The molecule has 1 amide bonds. The van der Waals surface area contributed by atoms with Crippen LogP contribution in [-0.2, 0) is 10.0 Å². The van der Waals surface area contributed by atoms with Crippen LogP contribution < -0.4 is 5.32 Å². The molecule has 9 heteroatoms. The van der Waals surface area contributed by atoms with Crippen LogP contribution in [0.5, 0.6) is 0 Å². The summed E-state index contributed by atoms with van der Waals surface area (Å²) in [7, 11) is -3.84. The van der Waals surface area contributed by atoms with E-state index in [2.05, 4.69) is 5.32 Å². The number of nitrogens with zero attached hydrogens (tertiary/aromatic N) is 1. The first kappa shape index (κ1) is 20.7. The van der Waals surface area contributed by atoms with Crippen molar-refractivity contribution in [2.75, 3.05) is 18.5 Å². The van der Waals surface area contributed by atoms with Crippen LogP contribution in [0.15, 0.2) is 47.4 Å². The Morgan fingerprint density at radius 2 is 2.04 bits per heavy atom. The zero-order chi connectivity index (χ0) is 20.3. The van der Waals surface area contributed by atoms with Gasteiger partial charge < -0.3 is 10.4 Å². The molecule has 0 radical (unpaired) electrons. The van der Waals surface area contributed by atoms with Crippen LogP contribution >= 0.6 is 11.6 Å². The number of amides is 1. The molecule has 0 bridgehead atoms. The fourth-order valence-electron chi connectivity index (χ4n) is 3.18. The number of piperidine rings is 1. The molecule has 0 saturated carbocycles. The molecule has 28 heavy (non-hydrogen) atoms. The molecule has 1 atom stereocenters. The van der Waals surface area contributed by atoms with Crippen LogP contribution in [0.25, 0.3) is 0 Å². The van der Waals surface area contributed by atoms with Crippen molar-refractivity contribution >= 4 is 33.2 Å².